The predicted molar refractivity (Wildman–Crippen MR) is 352 cm³/mol. The van der Waals surface area contributed by atoms with Crippen molar-refractivity contribution in [3.8, 4) is 0 Å². The molecule has 36 heteroatoms. The van der Waals surface area contributed by atoms with Gasteiger partial charge in [0.05, 0.1) is 25.4 Å². The van der Waals surface area contributed by atoms with E-state index in [-0.39, 0.29) is 69.3 Å². The van der Waals surface area contributed by atoms with E-state index in [9.17, 15) is 92.7 Å². The highest BCUT2D eigenvalue weighted by molar-refractivity contribution is 7.98. The van der Waals surface area contributed by atoms with Crippen LogP contribution < -0.4 is 70.4 Å². The summed E-state index contributed by atoms with van der Waals surface area (Å²) in [6.45, 7) is 9.09. The number of amides is 10. The lowest BCUT2D eigenvalue weighted by Crippen LogP contribution is -2.61. The number of carbonyl (C=O) groups is 14. The largest absolute Gasteiger partial charge is 0.481 e. The number of aliphatic hydroxyl groups is 1. The molecule has 0 radical (unpaired) electrons. The lowest BCUT2D eigenvalue weighted by molar-refractivity contribution is -0.143. The van der Waals surface area contributed by atoms with Gasteiger partial charge in [0.2, 0.25) is 59.1 Å². The highest BCUT2D eigenvalue weighted by Crippen LogP contribution is 2.15. The van der Waals surface area contributed by atoms with Crippen LogP contribution in [-0.2, 0) is 80.0 Å². The van der Waals surface area contributed by atoms with E-state index in [0.717, 1.165) is 0 Å². The third-order valence-corrected chi connectivity index (χ3v) is 15.6. The molecule has 0 fully saturated rings. The van der Waals surface area contributed by atoms with E-state index in [4.69, 9.17) is 17.2 Å². The Balaban J connectivity index is 2.57. The van der Waals surface area contributed by atoms with Crippen LogP contribution in [-0.4, -0.2) is 216 Å². The maximum Gasteiger partial charge on any atom is 0.326 e. The van der Waals surface area contributed by atoms with Gasteiger partial charge in [-0.25, -0.2) is 9.78 Å². The fourth-order valence-corrected chi connectivity index (χ4v) is 9.97. The molecule has 0 spiro atoms. The van der Waals surface area contributed by atoms with E-state index in [1.165, 1.54) is 24.3 Å². The van der Waals surface area contributed by atoms with E-state index in [1.807, 2.05) is 0 Å². The molecule has 0 aliphatic carbocycles. The zero-order chi connectivity index (χ0) is 73.1. The molecule has 1 aromatic heterocycles. The number of aliphatic imine (C=N–C) groups is 1. The standard InChI is InChI=1S/C61H96N16O19S/c1-8-33(6)49(77-50(85)36(62)20-22-97-7)59(94)70-39(17-19-47(81)82)52(87)69-38(16-18-46(79)80)53(88)74-43(27-48(83)84)57(92)73-42(25-34-13-10-9-11-14-34)56(91)72-40(23-31(2)3)54(89)68-37(15-12-21-66-61(63)64)51(86)71-41(24-32(4)5)55(90)76-45(29-78)58(93)75-44(60(95)96)26-35-28-65-30-67-35/h9-11,13-14,28,30-33,36-45,49,78H,8,12,15-27,29,62H2,1-7H3,(H,65,67)(H,68,89)(H,69,87)(H,70,94)(H,71,86)(H,72,91)(H,73,92)(H,74,88)(H,75,93)(H,76,90)(H,77,85)(H,79,80)(H,81,82)(H,83,84)(H,95,96)(H4,63,64,66). The number of carboxylic acid groups (broad SMARTS) is 4. The number of rotatable bonds is 47. The third-order valence-electron chi connectivity index (χ3n) is 14.9. The summed E-state index contributed by atoms with van der Waals surface area (Å²) in [7, 11) is 0. The average molecular weight is 1390 g/mol. The quantitative estimate of drug-likeness (QED) is 0.0174. The molecule has 0 saturated carbocycles. The number of aromatic amines is 1. The number of H-pyrrole nitrogens is 1. The van der Waals surface area contributed by atoms with Crippen molar-refractivity contribution < 1.29 is 92.7 Å². The summed E-state index contributed by atoms with van der Waals surface area (Å²) in [5, 5.41) is 73.6. The van der Waals surface area contributed by atoms with Crippen LogP contribution >= 0.6 is 11.8 Å². The van der Waals surface area contributed by atoms with Crippen molar-refractivity contribution in [3.63, 3.8) is 0 Å². The Kier molecular flexibility index (Phi) is 37.6. The van der Waals surface area contributed by atoms with Gasteiger partial charge < -0.3 is 101 Å². The Morgan fingerprint density at radius 2 is 0.979 bits per heavy atom. The van der Waals surface area contributed by atoms with Crippen molar-refractivity contribution in [3.05, 3.63) is 54.1 Å². The molecule has 1 heterocycles. The summed E-state index contributed by atoms with van der Waals surface area (Å²) in [4.78, 5) is 199. The number of hydrogen-bond acceptors (Lipinski definition) is 19. The summed E-state index contributed by atoms with van der Waals surface area (Å²) in [6, 6.07) is -9.45. The van der Waals surface area contributed by atoms with Gasteiger partial charge in [-0.05, 0) is 80.3 Å². The number of carboxylic acids is 4. The molecule has 12 atom stereocenters. The number of nitrogens with one attached hydrogen (secondary N) is 11. The molecule has 2 rings (SSSR count). The van der Waals surface area contributed by atoms with Crippen LogP contribution in [0.25, 0.3) is 0 Å². The van der Waals surface area contributed by atoms with Gasteiger partial charge in [0.1, 0.15) is 60.4 Å². The van der Waals surface area contributed by atoms with Gasteiger partial charge in [0, 0.05) is 44.1 Å². The van der Waals surface area contributed by atoms with E-state index in [2.05, 4.69) is 68.1 Å². The first-order valence-corrected chi connectivity index (χ1v) is 32.9. The second-order valence-corrected chi connectivity index (χ2v) is 25.0. The van der Waals surface area contributed by atoms with Gasteiger partial charge in [-0.1, -0.05) is 78.3 Å². The van der Waals surface area contributed by atoms with Crippen LogP contribution in [0.1, 0.15) is 123 Å². The minimum absolute atomic E-state index is 0.0437. The monoisotopic (exact) mass is 1390 g/mol. The number of carbonyl (C=O) groups excluding carboxylic acids is 10. The first-order valence-electron chi connectivity index (χ1n) is 31.5. The summed E-state index contributed by atoms with van der Waals surface area (Å²) >= 11 is 1.43. The summed E-state index contributed by atoms with van der Waals surface area (Å²) in [6.07, 6.45) is 0.0966. The van der Waals surface area contributed by atoms with Crippen molar-refractivity contribution in [2.45, 2.75) is 191 Å². The second kappa shape index (κ2) is 43.6. The molecule has 35 nitrogen and oxygen atoms in total. The SMILES string of the molecule is CCC(C)C(NC(=O)C(N)CCSC)C(=O)NC(CCC(=O)O)C(=O)NC(CCC(=O)O)C(=O)NC(CC(=O)O)C(=O)NC(Cc1ccccc1)C(=O)NC(CC(C)C)C(=O)NC(CCCN=C(N)N)C(=O)NC(CC(C)C)C(=O)NC(CO)C(=O)NC(Cc1cnc[nH]1)C(=O)O. The smallest absolute Gasteiger partial charge is 0.326 e. The molecular weight excluding hydrogens is 1290 g/mol. The molecule has 1 aromatic carbocycles. The van der Waals surface area contributed by atoms with Gasteiger partial charge in [-0.2, -0.15) is 11.8 Å². The van der Waals surface area contributed by atoms with Gasteiger partial charge in [-0.3, -0.25) is 67.3 Å². The highest BCUT2D eigenvalue weighted by Gasteiger charge is 2.38. The van der Waals surface area contributed by atoms with E-state index in [0.29, 0.717) is 23.4 Å². The first-order chi connectivity index (χ1) is 45.7. The zero-order valence-corrected chi connectivity index (χ0v) is 56.2. The van der Waals surface area contributed by atoms with Crippen molar-refractivity contribution in [1.82, 2.24) is 63.1 Å². The summed E-state index contributed by atoms with van der Waals surface area (Å²) < 4.78 is 0. The molecule has 0 aliphatic rings. The van der Waals surface area contributed by atoms with Crippen molar-refractivity contribution >= 4 is 101 Å². The highest BCUT2D eigenvalue weighted by atomic mass is 32.2. The lowest BCUT2D eigenvalue weighted by Gasteiger charge is -2.29. The molecular formula is C61H96N16O19S. The fourth-order valence-electron chi connectivity index (χ4n) is 9.48. The maximum absolute atomic E-state index is 14.7. The Hall–Kier alpha value is -9.45. The zero-order valence-electron chi connectivity index (χ0n) is 55.4. The average Bonchev–Trinajstić information content (AvgIpc) is 1.03. The van der Waals surface area contributed by atoms with Gasteiger partial charge in [-0.15, -0.1) is 0 Å². The number of thioether (sulfide) groups is 1. The van der Waals surface area contributed by atoms with Crippen LogP contribution in [0.2, 0.25) is 0 Å². The Morgan fingerprint density at radius 3 is 1.43 bits per heavy atom. The summed E-state index contributed by atoms with van der Waals surface area (Å²) in [5.74, 6) is -17.5. The van der Waals surface area contributed by atoms with Crippen LogP contribution in [0.3, 0.4) is 0 Å². The number of imidazole rings is 1. The maximum atomic E-state index is 14.7. The topological polar surface area (TPSA) is 580 Å². The number of nitrogens with zero attached hydrogens (tertiary/aromatic N) is 2. The number of hydrogen-bond donors (Lipinski definition) is 19. The van der Waals surface area contributed by atoms with E-state index in [1.54, 1.807) is 78.1 Å². The minimum Gasteiger partial charge on any atom is -0.481 e. The molecule has 10 amide bonds. The van der Waals surface area contributed by atoms with Crippen LogP contribution in [0.5, 0.6) is 0 Å². The third kappa shape index (κ3) is 32.2. The number of guanidine groups is 1. The van der Waals surface area contributed by atoms with Crippen LogP contribution in [0.4, 0.5) is 0 Å². The Labute approximate surface area is 565 Å². The Bertz CT molecular complexity index is 2990. The Morgan fingerprint density at radius 1 is 0.536 bits per heavy atom. The fraction of sp³-hybridized carbons (Fsp3) is 0.607. The molecule has 0 saturated heterocycles. The number of aromatic nitrogens is 2. The molecule has 12 unspecified atom stereocenters. The summed E-state index contributed by atoms with van der Waals surface area (Å²) in [5.41, 5.74) is 17.9. The minimum atomic E-state index is -2.09. The number of aliphatic carboxylic acids is 4. The van der Waals surface area contributed by atoms with Crippen LogP contribution in [0, 0.1) is 17.8 Å². The van der Waals surface area contributed by atoms with Crippen molar-refractivity contribution in [2.75, 3.05) is 25.2 Å². The lowest BCUT2D eigenvalue weighted by atomic mass is 9.97. The number of aliphatic hydroxyl groups excluding tert-OH is 1. The number of nitrogens with two attached hydrogens (primary N) is 3. The van der Waals surface area contributed by atoms with Crippen molar-refractivity contribution in [1.29, 1.82) is 0 Å². The first kappa shape index (κ1) is 83.6. The molecule has 0 aliphatic heterocycles. The molecule has 0 bridgehead atoms. The molecule has 2 aromatic rings. The normalized spacial score (nSPS) is 14.8. The molecule has 540 valence electrons. The van der Waals surface area contributed by atoms with Crippen molar-refractivity contribution in [2.24, 2.45) is 39.9 Å². The van der Waals surface area contributed by atoms with E-state index >= 15 is 0 Å². The van der Waals surface area contributed by atoms with Gasteiger partial charge in [0.25, 0.3) is 0 Å². The van der Waals surface area contributed by atoms with Gasteiger partial charge in [0.15, 0.2) is 5.96 Å². The predicted octanol–water partition coefficient (Wildman–Crippen LogP) is -3.40. The molecule has 22 N–H and O–H groups in total. The van der Waals surface area contributed by atoms with E-state index < -0.39 is 194 Å². The molecule has 97 heavy (non-hydrogen) atoms. The number of benzene rings is 1. The van der Waals surface area contributed by atoms with Crippen LogP contribution in [0.15, 0.2) is 47.8 Å². The van der Waals surface area contributed by atoms with Gasteiger partial charge >= 0.3 is 23.9 Å². The second-order valence-electron chi connectivity index (χ2n) is 24.0.